The molecule has 0 saturated carbocycles. The van der Waals surface area contributed by atoms with Gasteiger partial charge in [-0.25, -0.2) is 4.98 Å². The first-order valence-electron chi connectivity index (χ1n) is 5.23. The number of amides is 1. The molecule has 16 heavy (non-hydrogen) atoms. The summed E-state index contributed by atoms with van der Waals surface area (Å²) in [6, 6.07) is 3.32. The number of nitrogens with zero attached hydrogens (tertiary/aromatic N) is 1. The highest BCUT2D eigenvalue weighted by molar-refractivity contribution is 7.99. The summed E-state index contributed by atoms with van der Waals surface area (Å²) in [7, 11) is 0. The monoisotopic (exact) mass is 256 g/mol. The minimum atomic E-state index is -0.0685. The van der Waals surface area contributed by atoms with Gasteiger partial charge in [-0.15, -0.1) is 0 Å². The number of aromatic nitrogens is 1. The number of thioether (sulfide) groups is 1. The highest BCUT2D eigenvalue weighted by Crippen LogP contribution is 2.22. The summed E-state index contributed by atoms with van der Waals surface area (Å²) in [6.45, 7) is 0.758. The summed E-state index contributed by atoms with van der Waals surface area (Å²) >= 11 is 7.60. The van der Waals surface area contributed by atoms with E-state index in [1.807, 2.05) is 11.8 Å². The number of hydrogen-bond donors (Lipinski definition) is 1. The summed E-state index contributed by atoms with van der Waals surface area (Å²) in [5.41, 5.74) is 0.565. The number of pyridine rings is 1. The van der Waals surface area contributed by atoms with E-state index in [1.54, 1.807) is 12.1 Å². The van der Waals surface area contributed by atoms with E-state index >= 15 is 0 Å². The minimum absolute atomic E-state index is 0.0685. The first-order valence-corrected chi connectivity index (χ1v) is 6.76. The van der Waals surface area contributed by atoms with Gasteiger partial charge in [-0.05, 0) is 36.0 Å². The van der Waals surface area contributed by atoms with Crippen molar-refractivity contribution in [2.45, 2.75) is 6.42 Å². The van der Waals surface area contributed by atoms with Crippen molar-refractivity contribution >= 4 is 29.3 Å². The quantitative estimate of drug-likeness (QED) is 0.844. The third-order valence-corrected chi connectivity index (χ3v) is 4.02. The largest absolute Gasteiger partial charge is 0.352 e. The fraction of sp³-hybridized carbons (Fsp3) is 0.455. The van der Waals surface area contributed by atoms with Crippen molar-refractivity contribution in [1.29, 1.82) is 0 Å². The summed E-state index contributed by atoms with van der Waals surface area (Å²) in [5.74, 6) is 2.91. The van der Waals surface area contributed by atoms with Gasteiger partial charge in [0.2, 0.25) is 0 Å². The summed E-state index contributed by atoms with van der Waals surface area (Å²) in [5, 5.41) is 3.33. The van der Waals surface area contributed by atoms with Crippen LogP contribution in [0, 0.1) is 5.92 Å². The summed E-state index contributed by atoms with van der Waals surface area (Å²) in [4.78, 5) is 15.6. The Morgan fingerprint density at radius 1 is 1.62 bits per heavy atom. The molecule has 0 radical (unpaired) electrons. The van der Waals surface area contributed by atoms with Crippen LogP contribution < -0.4 is 5.32 Å². The van der Waals surface area contributed by atoms with E-state index in [0.29, 0.717) is 16.6 Å². The fourth-order valence-electron chi connectivity index (χ4n) is 1.59. The number of rotatable bonds is 3. The lowest BCUT2D eigenvalue weighted by molar-refractivity contribution is 0.0948. The fourth-order valence-corrected chi connectivity index (χ4v) is 2.99. The molecule has 1 N–H and O–H groups in total. The average Bonchev–Trinajstić information content (AvgIpc) is 2.80. The molecule has 1 aliphatic rings. The standard InChI is InChI=1S/C11H13ClN2OS/c12-10-2-1-9(6-13-10)11(15)14-5-8-3-4-16-7-8/h1-2,6,8H,3-5,7H2,(H,14,15). The van der Waals surface area contributed by atoms with E-state index < -0.39 is 0 Å². The molecule has 2 rings (SSSR count). The highest BCUT2D eigenvalue weighted by atomic mass is 35.5. The van der Waals surface area contributed by atoms with Crippen LogP contribution in [-0.2, 0) is 0 Å². The molecule has 1 amide bonds. The normalized spacial score (nSPS) is 19.7. The van der Waals surface area contributed by atoms with Gasteiger partial charge in [-0.1, -0.05) is 11.6 Å². The van der Waals surface area contributed by atoms with E-state index in [9.17, 15) is 4.79 Å². The van der Waals surface area contributed by atoms with Gasteiger partial charge in [0, 0.05) is 12.7 Å². The Morgan fingerprint density at radius 3 is 3.12 bits per heavy atom. The zero-order valence-electron chi connectivity index (χ0n) is 8.78. The minimum Gasteiger partial charge on any atom is -0.352 e. The second-order valence-corrected chi connectivity index (χ2v) is 5.35. The molecule has 5 heteroatoms. The van der Waals surface area contributed by atoms with Crippen LogP contribution >= 0.6 is 23.4 Å². The van der Waals surface area contributed by atoms with Crippen LogP contribution in [-0.4, -0.2) is 28.9 Å². The van der Waals surface area contributed by atoms with E-state index in [4.69, 9.17) is 11.6 Å². The summed E-state index contributed by atoms with van der Waals surface area (Å²) in [6.07, 6.45) is 2.70. The molecule has 1 aromatic heterocycles. The van der Waals surface area contributed by atoms with Crippen LogP contribution in [0.25, 0.3) is 0 Å². The van der Waals surface area contributed by atoms with Crippen molar-refractivity contribution in [3.63, 3.8) is 0 Å². The zero-order chi connectivity index (χ0) is 11.4. The molecular weight excluding hydrogens is 244 g/mol. The molecule has 1 unspecified atom stereocenters. The predicted molar refractivity (Wildman–Crippen MR) is 67.0 cm³/mol. The highest BCUT2D eigenvalue weighted by Gasteiger charge is 2.16. The van der Waals surface area contributed by atoms with Crippen molar-refractivity contribution in [2.24, 2.45) is 5.92 Å². The van der Waals surface area contributed by atoms with Gasteiger partial charge in [-0.2, -0.15) is 11.8 Å². The SMILES string of the molecule is O=C(NCC1CCSC1)c1ccc(Cl)nc1. The van der Waals surface area contributed by atoms with Crippen LogP contribution in [0.4, 0.5) is 0 Å². The number of hydrogen-bond acceptors (Lipinski definition) is 3. The molecule has 2 heterocycles. The van der Waals surface area contributed by atoms with Gasteiger partial charge >= 0.3 is 0 Å². The van der Waals surface area contributed by atoms with Gasteiger partial charge in [0.05, 0.1) is 5.56 Å². The van der Waals surface area contributed by atoms with Crippen LogP contribution in [0.2, 0.25) is 5.15 Å². The zero-order valence-corrected chi connectivity index (χ0v) is 10.4. The van der Waals surface area contributed by atoms with Crippen LogP contribution in [0.5, 0.6) is 0 Å². The molecule has 1 fully saturated rings. The maximum atomic E-state index is 11.7. The molecule has 0 aromatic carbocycles. The molecular formula is C11H13ClN2OS. The topological polar surface area (TPSA) is 42.0 Å². The maximum absolute atomic E-state index is 11.7. The third-order valence-electron chi connectivity index (χ3n) is 2.56. The number of carbonyl (C=O) groups is 1. The van der Waals surface area contributed by atoms with Crippen molar-refractivity contribution < 1.29 is 4.79 Å². The second-order valence-electron chi connectivity index (χ2n) is 3.81. The Morgan fingerprint density at radius 2 is 2.50 bits per heavy atom. The van der Waals surface area contributed by atoms with Gasteiger partial charge in [0.25, 0.3) is 5.91 Å². The van der Waals surface area contributed by atoms with Crippen molar-refractivity contribution in [3.8, 4) is 0 Å². The average molecular weight is 257 g/mol. The molecule has 86 valence electrons. The smallest absolute Gasteiger partial charge is 0.252 e. The van der Waals surface area contributed by atoms with E-state index in [1.165, 1.54) is 18.4 Å². The second kappa shape index (κ2) is 5.55. The molecule has 1 aliphatic heterocycles. The van der Waals surface area contributed by atoms with Crippen molar-refractivity contribution in [1.82, 2.24) is 10.3 Å². The first-order chi connectivity index (χ1) is 7.75. The van der Waals surface area contributed by atoms with E-state index in [0.717, 1.165) is 12.3 Å². The van der Waals surface area contributed by atoms with Crippen LogP contribution in [0.1, 0.15) is 16.8 Å². The summed E-state index contributed by atoms with van der Waals surface area (Å²) < 4.78 is 0. The Kier molecular flexibility index (Phi) is 4.07. The number of nitrogens with one attached hydrogen (secondary N) is 1. The maximum Gasteiger partial charge on any atom is 0.252 e. The van der Waals surface area contributed by atoms with Crippen LogP contribution in [0.3, 0.4) is 0 Å². The molecule has 1 aromatic rings. The Bertz CT molecular complexity index is 363. The van der Waals surface area contributed by atoms with Crippen molar-refractivity contribution in [2.75, 3.05) is 18.1 Å². The lowest BCUT2D eigenvalue weighted by Gasteiger charge is -2.09. The van der Waals surface area contributed by atoms with Crippen LogP contribution in [0.15, 0.2) is 18.3 Å². The Balaban J connectivity index is 1.85. The lowest BCUT2D eigenvalue weighted by Crippen LogP contribution is -2.29. The number of carbonyl (C=O) groups excluding carboxylic acids is 1. The van der Waals surface area contributed by atoms with Gasteiger partial charge in [-0.3, -0.25) is 4.79 Å². The van der Waals surface area contributed by atoms with E-state index in [2.05, 4.69) is 10.3 Å². The first kappa shape index (κ1) is 11.7. The molecule has 0 spiro atoms. The Labute approximate surface area is 104 Å². The van der Waals surface area contributed by atoms with E-state index in [-0.39, 0.29) is 5.91 Å². The molecule has 0 aliphatic carbocycles. The molecule has 1 atom stereocenters. The lowest BCUT2D eigenvalue weighted by atomic mass is 10.1. The molecule has 3 nitrogen and oxygen atoms in total. The van der Waals surface area contributed by atoms with Gasteiger partial charge in [0.1, 0.15) is 5.15 Å². The predicted octanol–water partition coefficient (Wildman–Crippen LogP) is 2.22. The molecule has 0 bridgehead atoms. The van der Waals surface area contributed by atoms with Gasteiger partial charge in [0.15, 0.2) is 0 Å². The third kappa shape index (κ3) is 3.12. The van der Waals surface area contributed by atoms with Crippen molar-refractivity contribution in [3.05, 3.63) is 29.0 Å². The van der Waals surface area contributed by atoms with Gasteiger partial charge < -0.3 is 5.32 Å². The molecule has 1 saturated heterocycles. The Hall–Kier alpha value is -0.740. The number of halogens is 1.